The molecule has 1 aromatic carbocycles. The Bertz CT molecular complexity index is 356. The number of carbonyl (C=O) groups excluding carboxylic acids is 1. The molecular formula is C10H8F2O. The minimum Gasteiger partial charge on any atom is -0.299 e. The van der Waals surface area contributed by atoms with Crippen LogP contribution in [-0.4, -0.2) is 6.29 Å². The van der Waals surface area contributed by atoms with Gasteiger partial charge in [0, 0.05) is 5.56 Å². The predicted octanol–water partition coefficient (Wildman–Crippen LogP) is 2.49. The fraction of sp³-hybridized carbons (Fsp3) is 0.100. The van der Waals surface area contributed by atoms with Crippen LogP contribution in [0.5, 0.6) is 0 Å². The van der Waals surface area contributed by atoms with E-state index in [4.69, 9.17) is 0 Å². The van der Waals surface area contributed by atoms with Gasteiger partial charge < -0.3 is 0 Å². The Morgan fingerprint density at radius 3 is 2.54 bits per heavy atom. The largest absolute Gasteiger partial charge is 0.299 e. The topological polar surface area (TPSA) is 17.1 Å². The Balaban J connectivity index is 3.17. The van der Waals surface area contributed by atoms with Crippen LogP contribution in [0.4, 0.5) is 8.78 Å². The highest BCUT2D eigenvalue weighted by atomic mass is 19.2. The maximum atomic E-state index is 13.0. The first-order chi connectivity index (χ1) is 6.16. The predicted molar refractivity (Wildman–Crippen MR) is 46.2 cm³/mol. The van der Waals surface area contributed by atoms with E-state index in [1.807, 2.05) is 0 Å². The van der Waals surface area contributed by atoms with E-state index < -0.39 is 11.6 Å². The average molecular weight is 182 g/mol. The zero-order valence-corrected chi connectivity index (χ0v) is 7.05. The van der Waals surface area contributed by atoms with Crippen LogP contribution in [0.3, 0.4) is 0 Å². The minimum atomic E-state index is -0.918. The van der Waals surface area contributed by atoms with Gasteiger partial charge in [-0.25, -0.2) is 8.78 Å². The van der Waals surface area contributed by atoms with E-state index in [-0.39, 0.29) is 11.1 Å². The zero-order chi connectivity index (χ0) is 9.84. The van der Waals surface area contributed by atoms with Gasteiger partial charge in [0.05, 0.1) is 0 Å². The van der Waals surface area contributed by atoms with E-state index in [2.05, 4.69) is 0 Å². The van der Waals surface area contributed by atoms with Crippen molar-refractivity contribution < 1.29 is 13.6 Å². The molecule has 0 amide bonds. The average Bonchev–Trinajstić information content (AvgIpc) is 2.13. The summed E-state index contributed by atoms with van der Waals surface area (Å²) >= 11 is 0. The molecule has 0 spiro atoms. The number of hydrogen-bond donors (Lipinski definition) is 0. The van der Waals surface area contributed by atoms with Crippen molar-refractivity contribution in [2.45, 2.75) is 6.92 Å². The Labute approximate surface area is 74.7 Å². The van der Waals surface area contributed by atoms with Gasteiger partial charge >= 0.3 is 0 Å². The van der Waals surface area contributed by atoms with Crippen molar-refractivity contribution in [1.29, 1.82) is 0 Å². The lowest BCUT2D eigenvalue weighted by atomic mass is 10.1. The van der Waals surface area contributed by atoms with Gasteiger partial charge in [-0.15, -0.1) is 0 Å². The summed E-state index contributed by atoms with van der Waals surface area (Å²) in [4.78, 5) is 9.94. The van der Waals surface area contributed by atoms with Crippen molar-refractivity contribution in [1.82, 2.24) is 0 Å². The maximum absolute atomic E-state index is 13.0. The van der Waals surface area contributed by atoms with Crippen LogP contribution in [0.1, 0.15) is 11.1 Å². The minimum absolute atomic E-state index is 0.0789. The molecule has 0 aliphatic carbocycles. The summed E-state index contributed by atoms with van der Waals surface area (Å²) in [7, 11) is 0. The summed E-state index contributed by atoms with van der Waals surface area (Å²) in [6, 6.07) is 2.89. The van der Waals surface area contributed by atoms with Crippen molar-refractivity contribution in [3.63, 3.8) is 0 Å². The normalized spacial score (nSPS) is 10.7. The van der Waals surface area contributed by atoms with Gasteiger partial charge in [-0.1, -0.05) is 12.1 Å². The smallest absolute Gasteiger partial charge is 0.166 e. The van der Waals surface area contributed by atoms with Gasteiger partial charge in [0.15, 0.2) is 11.6 Å². The number of aldehydes is 1. The standard InChI is InChI=1S/C10H8F2O/c1-7-4-5-8(3-2-6-13)10(12)9(7)11/h2-6H,1H3/b3-2+. The van der Waals surface area contributed by atoms with Gasteiger partial charge in [0.1, 0.15) is 6.29 Å². The van der Waals surface area contributed by atoms with E-state index in [9.17, 15) is 13.6 Å². The molecule has 3 heteroatoms. The second kappa shape index (κ2) is 3.94. The van der Waals surface area contributed by atoms with Crippen LogP contribution in [-0.2, 0) is 4.79 Å². The van der Waals surface area contributed by atoms with Crippen molar-refractivity contribution in [3.05, 3.63) is 41.0 Å². The fourth-order valence-electron chi connectivity index (χ4n) is 0.933. The van der Waals surface area contributed by atoms with E-state index in [0.717, 1.165) is 6.08 Å². The highest BCUT2D eigenvalue weighted by molar-refractivity contribution is 5.73. The Morgan fingerprint density at radius 1 is 1.23 bits per heavy atom. The van der Waals surface area contributed by atoms with Crippen molar-refractivity contribution in [3.8, 4) is 0 Å². The number of benzene rings is 1. The molecule has 0 saturated heterocycles. The fourth-order valence-corrected chi connectivity index (χ4v) is 0.933. The van der Waals surface area contributed by atoms with Crippen molar-refractivity contribution >= 4 is 12.4 Å². The number of aryl methyl sites for hydroxylation is 1. The first-order valence-electron chi connectivity index (χ1n) is 3.73. The first kappa shape index (κ1) is 9.58. The SMILES string of the molecule is Cc1ccc(/C=C/C=O)c(F)c1F. The molecule has 1 aromatic rings. The van der Waals surface area contributed by atoms with Gasteiger partial charge in [-0.05, 0) is 24.6 Å². The lowest BCUT2D eigenvalue weighted by molar-refractivity contribution is -0.104. The lowest BCUT2D eigenvalue weighted by Crippen LogP contribution is -1.91. The summed E-state index contributed by atoms with van der Waals surface area (Å²) in [5, 5.41) is 0. The van der Waals surface area contributed by atoms with Crippen LogP contribution in [0.15, 0.2) is 18.2 Å². The van der Waals surface area contributed by atoms with Gasteiger partial charge in [-0.3, -0.25) is 4.79 Å². The Morgan fingerprint density at radius 2 is 1.92 bits per heavy atom. The monoisotopic (exact) mass is 182 g/mol. The molecule has 1 nitrogen and oxygen atoms in total. The second-order valence-corrected chi connectivity index (χ2v) is 2.59. The molecular weight excluding hydrogens is 174 g/mol. The molecule has 0 unspecified atom stereocenters. The van der Waals surface area contributed by atoms with Crippen LogP contribution in [0.2, 0.25) is 0 Å². The van der Waals surface area contributed by atoms with E-state index in [1.54, 1.807) is 0 Å². The number of rotatable bonds is 2. The maximum Gasteiger partial charge on any atom is 0.166 e. The summed E-state index contributed by atoms with van der Waals surface area (Å²) < 4.78 is 26.0. The summed E-state index contributed by atoms with van der Waals surface area (Å²) in [6.07, 6.45) is 2.86. The Hall–Kier alpha value is -1.51. The number of halogens is 2. The molecule has 0 aliphatic rings. The van der Waals surface area contributed by atoms with E-state index in [0.29, 0.717) is 6.29 Å². The number of carbonyl (C=O) groups is 1. The highest BCUT2D eigenvalue weighted by Gasteiger charge is 2.07. The molecule has 0 N–H and O–H groups in total. The second-order valence-electron chi connectivity index (χ2n) is 2.59. The van der Waals surface area contributed by atoms with Gasteiger partial charge in [0.2, 0.25) is 0 Å². The molecule has 0 aliphatic heterocycles. The van der Waals surface area contributed by atoms with E-state index in [1.165, 1.54) is 25.1 Å². The van der Waals surface area contributed by atoms with Crippen LogP contribution in [0.25, 0.3) is 6.08 Å². The molecule has 0 bridgehead atoms. The molecule has 0 heterocycles. The molecule has 0 fully saturated rings. The van der Waals surface area contributed by atoms with Crippen LogP contribution >= 0.6 is 0 Å². The molecule has 0 saturated carbocycles. The molecule has 1 rings (SSSR count). The highest BCUT2D eigenvalue weighted by Crippen LogP contribution is 2.16. The van der Waals surface area contributed by atoms with Crippen LogP contribution in [0, 0.1) is 18.6 Å². The molecule has 13 heavy (non-hydrogen) atoms. The summed E-state index contributed by atoms with van der Waals surface area (Å²) in [5.41, 5.74) is 0.330. The molecule has 68 valence electrons. The quantitative estimate of drug-likeness (QED) is 0.507. The third-order valence-corrected chi connectivity index (χ3v) is 1.66. The number of hydrogen-bond acceptors (Lipinski definition) is 1. The number of allylic oxidation sites excluding steroid dienone is 1. The molecule has 0 atom stereocenters. The van der Waals surface area contributed by atoms with Crippen molar-refractivity contribution in [2.24, 2.45) is 0 Å². The lowest BCUT2D eigenvalue weighted by Gasteiger charge is -2.00. The Kier molecular flexibility index (Phi) is 2.90. The van der Waals surface area contributed by atoms with Crippen LogP contribution < -0.4 is 0 Å². The summed E-state index contributed by atoms with van der Waals surface area (Å²) in [5.74, 6) is -1.79. The molecule has 0 aromatic heterocycles. The first-order valence-corrected chi connectivity index (χ1v) is 3.73. The third-order valence-electron chi connectivity index (χ3n) is 1.66. The van der Waals surface area contributed by atoms with Crippen molar-refractivity contribution in [2.75, 3.05) is 0 Å². The van der Waals surface area contributed by atoms with Gasteiger partial charge in [0.25, 0.3) is 0 Å². The summed E-state index contributed by atoms with van der Waals surface area (Å²) in [6.45, 7) is 1.48. The van der Waals surface area contributed by atoms with E-state index >= 15 is 0 Å². The third kappa shape index (κ3) is 1.99. The van der Waals surface area contributed by atoms with Gasteiger partial charge in [-0.2, -0.15) is 0 Å². The zero-order valence-electron chi connectivity index (χ0n) is 7.05. The molecule has 0 radical (unpaired) electrons.